The summed E-state index contributed by atoms with van der Waals surface area (Å²) in [5.41, 5.74) is 2.59. The van der Waals surface area contributed by atoms with Crippen LogP contribution in [0.15, 0.2) is 35.7 Å². The molecule has 4 rings (SSSR count). The highest BCUT2D eigenvalue weighted by atomic mass is 32.1. The van der Waals surface area contributed by atoms with Crippen molar-refractivity contribution in [2.45, 2.75) is 84.7 Å². The number of aromatic nitrogens is 2. The number of hydrogen-bond donors (Lipinski definition) is 0. The number of ether oxygens (including phenoxy) is 1. The molecular formula is C31H43N3O3S. The number of carbonyl (C=O) groups is 2. The number of imidazole rings is 1. The third-order valence-corrected chi connectivity index (χ3v) is 8.74. The van der Waals surface area contributed by atoms with Gasteiger partial charge in [-0.1, -0.05) is 33.8 Å². The molecule has 0 bridgehead atoms. The average molecular weight is 538 g/mol. The van der Waals surface area contributed by atoms with Crippen molar-refractivity contribution in [1.82, 2.24) is 14.5 Å². The number of likely N-dealkylation sites (tertiary alicyclic amines) is 1. The topological polar surface area (TPSA) is 64.4 Å². The summed E-state index contributed by atoms with van der Waals surface area (Å²) in [5, 5.41) is 2.10. The minimum absolute atomic E-state index is 0.0188. The van der Waals surface area contributed by atoms with Gasteiger partial charge in [-0.25, -0.2) is 4.98 Å². The molecule has 1 aliphatic rings. The lowest BCUT2D eigenvalue weighted by atomic mass is 9.89. The van der Waals surface area contributed by atoms with Crippen LogP contribution in [0.3, 0.4) is 0 Å². The van der Waals surface area contributed by atoms with E-state index < -0.39 is 0 Å². The zero-order chi connectivity index (χ0) is 27.2. The van der Waals surface area contributed by atoms with E-state index >= 15 is 0 Å². The Morgan fingerprint density at radius 3 is 2.63 bits per heavy atom. The van der Waals surface area contributed by atoms with E-state index in [1.54, 1.807) is 18.4 Å². The smallest absolute Gasteiger partial charge is 0.226 e. The van der Waals surface area contributed by atoms with Crippen LogP contribution < -0.4 is 0 Å². The number of benzene rings is 1. The standard InChI is InChI=1S/C31H43N3O3S/c1-6-24(7-2)34-28-13-12-22(17-27(28)32-30(34)19-26-11-9-15-38-26)29(35)18-23(16-21(3)4)31(36)33-14-8-10-25(33)20-37-5/h9,11-13,15,17,21,23-25H,6-8,10,14,16,18-20H2,1-5H3/t23-,25+/m1/s1. The van der Waals surface area contributed by atoms with Crippen molar-refractivity contribution >= 4 is 34.1 Å². The summed E-state index contributed by atoms with van der Waals surface area (Å²) >= 11 is 1.75. The van der Waals surface area contributed by atoms with Crippen LogP contribution >= 0.6 is 11.3 Å². The monoisotopic (exact) mass is 537 g/mol. The van der Waals surface area contributed by atoms with Gasteiger partial charge >= 0.3 is 0 Å². The molecule has 1 saturated heterocycles. The summed E-state index contributed by atoms with van der Waals surface area (Å²) in [6, 6.07) is 10.6. The summed E-state index contributed by atoms with van der Waals surface area (Å²) in [6.45, 7) is 9.98. The Morgan fingerprint density at radius 2 is 1.97 bits per heavy atom. The maximum absolute atomic E-state index is 13.6. The van der Waals surface area contributed by atoms with Gasteiger partial charge in [-0.2, -0.15) is 0 Å². The summed E-state index contributed by atoms with van der Waals surface area (Å²) in [6.07, 6.45) is 5.73. The van der Waals surface area contributed by atoms with Crippen molar-refractivity contribution in [2.75, 3.05) is 20.3 Å². The molecule has 3 aromatic rings. The normalized spacial score (nSPS) is 16.7. The predicted octanol–water partition coefficient (Wildman–Crippen LogP) is 6.92. The molecule has 2 aromatic heterocycles. The van der Waals surface area contributed by atoms with E-state index in [0.717, 1.165) is 55.5 Å². The molecule has 0 radical (unpaired) electrons. The first-order chi connectivity index (χ1) is 18.4. The molecule has 0 unspecified atom stereocenters. The molecule has 0 spiro atoms. The molecule has 0 N–H and O–H groups in total. The van der Waals surface area contributed by atoms with Gasteiger partial charge in [-0.3, -0.25) is 9.59 Å². The Labute approximate surface area is 231 Å². The molecule has 1 fully saturated rings. The fourth-order valence-electron chi connectivity index (χ4n) is 5.99. The maximum atomic E-state index is 13.6. The highest BCUT2D eigenvalue weighted by Crippen LogP contribution is 2.30. The Morgan fingerprint density at radius 1 is 1.18 bits per heavy atom. The summed E-state index contributed by atoms with van der Waals surface area (Å²) in [4.78, 5) is 35.4. The maximum Gasteiger partial charge on any atom is 0.226 e. The lowest BCUT2D eigenvalue weighted by Crippen LogP contribution is -2.42. The molecule has 1 amide bonds. The van der Waals surface area contributed by atoms with Gasteiger partial charge in [0.2, 0.25) is 5.91 Å². The molecule has 6 nitrogen and oxygen atoms in total. The molecule has 3 heterocycles. The molecule has 38 heavy (non-hydrogen) atoms. The molecular weight excluding hydrogens is 494 g/mol. The summed E-state index contributed by atoms with van der Waals surface area (Å²) in [5.74, 6) is 1.19. The van der Waals surface area contributed by atoms with Crippen molar-refractivity contribution in [1.29, 1.82) is 0 Å². The zero-order valence-electron chi connectivity index (χ0n) is 23.6. The lowest BCUT2D eigenvalue weighted by Gasteiger charge is -2.29. The number of Topliss-reactive ketones (excluding diaryl/α,β-unsaturated/α-hetero) is 1. The van der Waals surface area contributed by atoms with E-state index in [1.165, 1.54) is 4.88 Å². The van der Waals surface area contributed by atoms with E-state index in [4.69, 9.17) is 9.72 Å². The van der Waals surface area contributed by atoms with Gasteiger partial charge < -0.3 is 14.2 Å². The number of rotatable bonds is 13. The molecule has 206 valence electrons. The molecule has 7 heteroatoms. The summed E-state index contributed by atoms with van der Waals surface area (Å²) < 4.78 is 7.74. The third-order valence-electron chi connectivity index (χ3n) is 7.86. The van der Waals surface area contributed by atoms with Gasteiger partial charge in [-0.05, 0) is 67.7 Å². The van der Waals surface area contributed by atoms with Crippen molar-refractivity contribution < 1.29 is 14.3 Å². The quantitative estimate of drug-likeness (QED) is 0.222. The van der Waals surface area contributed by atoms with E-state index in [9.17, 15) is 9.59 Å². The number of ketones is 1. The molecule has 2 atom stereocenters. The molecule has 1 aliphatic heterocycles. The van der Waals surface area contributed by atoms with Crippen LogP contribution in [0.4, 0.5) is 0 Å². The fourth-order valence-corrected chi connectivity index (χ4v) is 6.69. The number of carbonyl (C=O) groups excluding carboxylic acids is 2. The van der Waals surface area contributed by atoms with E-state index in [1.807, 2.05) is 17.0 Å². The Kier molecular flexibility index (Phi) is 9.77. The Balaban J connectivity index is 1.60. The van der Waals surface area contributed by atoms with Gasteiger partial charge in [0.05, 0.1) is 23.7 Å². The second-order valence-corrected chi connectivity index (χ2v) is 12.1. The largest absolute Gasteiger partial charge is 0.383 e. The second kappa shape index (κ2) is 13.0. The van der Waals surface area contributed by atoms with Crippen LogP contribution in [0.25, 0.3) is 11.0 Å². The highest BCUT2D eigenvalue weighted by molar-refractivity contribution is 7.09. The first-order valence-electron chi connectivity index (χ1n) is 14.2. The second-order valence-electron chi connectivity index (χ2n) is 11.1. The van der Waals surface area contributed by atoms with Crippen molar-refractivity contribution in [2.24, 2.45) is 11.8 Å². The van der Waals surface area contributed by atoms with Crippen LogP contribution in [-0.4, -0.2) is 52.4 Å². The van der Waals surface area contributed by atoms with Crippen LogP contribution in [0.1, 0.15) is 93.3 Å². The van der Waals surface area contributed by atoms with Crippen LogP contribution in [0, 0.1) is 11.8 Å². The van der Waals surface area contributed by atoms with Crippen molar-refractivity contribution in [3.63, 3.8) is 0 Å². The number of amides is 1. The number of fused-ring (bicyclic) bond motifs is 1. The highest BCUT2D eigenvalue weighted by Gasteiger charge is 2.34. The first kappa shape index (κ1) is 28.5. The van der Waals surface area contributed by atoms with Gasteiger partial charge in [0.15, 0.2) is 5.78 Å². The van der Waals surface area contributed by atoms with Crippen molar-refractivity contribution in [3.05, 3.63) is 52.0 Å². The number of methoxy groups -OCH3 is 1. The van der Waals surface area contributed by atoms with Gasteiger partial charge in [0.1, 0.15) is 5.82 Å². The van der Waals surface area contributed by atoms with Gasteiger partial charge in [0, 0.05) is 48.9 Å². The van der Waals surface area contributed by atoms with Gasteiger partial charge in [-0.15, -0.1) is 11.3 Å². The molecule has 0 aliphatic carbocycles. The minimum atomic E-state index is -0.313. The van der Waals surface area contributed by atoms with E-state index in [-0.39, 0.29) is 30.1 Å². The Hall–Kier alpha value is -2.51. The molecule has 0 saturated carbocycles. The predicted molar refractivity (Wildman–Crippen MR) is 155 cm³/mol. The Bertz CT molecular complexity index is 1210. The third kappa shape index (κ3) is 6.37. The fraction of sp³-hybridized carbons (Fsp3) is 0.581. The van der Waals surface area contributed by atoms with Crippen LogP contribution in [0.5, 0.6) is 0 Å². The minimum Gasteiger partial charge on any atom is -0.383 e. The zero-order valence-corrected chi connectivity index (χ0v) is 24.4. The average Bonchev–Trinajstić information content (AvgIpc) is 3.65. The first-order valence-corrected chi connectivity index (χ1v) is 15.1. The van der Waals surface area contributed by atoms with E-state index in [2.05, 4.69) is 55.8 Å². The number of nitrogens with zero attached hydrogens (tertiary/aromatic N) is 3. The van der Waals surface area contributed by atoms with Crippen LogP contribution in [-0.2, 0) is 16.0 Å². The van der Waals surface area contributed by atoms with Crippen molar-refractivity contribution in [3.8, 4) is 0 Å². The molecule has 1 aromatic carbocycles. The number of thiophene rings is 1. The van der Waals surface area contributed by atoms with Crippen LogP contribution in [0.2, 0.25) is 0 Å². The summed E-state index contributed by atoms with van der Waals surface area (Å²) in [7, 11) is 1.68. The van der Waals surface area contributed by atoms with E-state index in [0.29, 0.717) is 30.6 Å². The van der Waals surface area contributed by atoms with Gasteiger partial charge in [0.25, 0.3) is 0 Å². The SMILES string of the molecule is CCC(CC)n1c(Cc2cccs2)nc2cc(C(=O)C[C@@H](CC(C)C)C(=O)N3CCC[C@H]3COC)ccc21. The number of hydrogen-bond acceptors (Lipinski definition) is 5. The lowest BCUT2D eigenvalue weighted by molar-refractivity contribution is -0.137.